The lowest BCUT2D eigenvalue weighted by molar-refractivity contribution is -0.127. The van der Waals surface area contributed by atoms with Gasteiger partial charge in [0.15, 0.2) is 0 Å². The van der Waals surface area contributed by atoms with Crippen molar-refractivity contribution in [2.24, 2.45) is 11.8 Å². The van der Waals surface area contributed by atoms with Crippen LogP contribution in [0.2, 0.25) is 0 Å². The molecule has 0 radical (unpaired) electrons. The maximum absolute atomic E-state index is 11.3. The Kier molecular flexibility index (Phi) is 1.35. The Morgan fingerprint density at radius 3 is 2.00 bits per heavy atom. The van der Waals surface area contributed by atoms with Gasteiger partial charge in [0, 0.05) is 5.92 Å². The van der Waals surface area contributed by atoms with Gasteiger partial charge < -0.3 is 0 Å². The van der Waals surface area contributed by atoms with Crippen LogP contribution in [0.15, 0.2) is 30.3 Å². The zero-order valence-corrected chi connectivity index (χ0v) is 7.44. The van der Waals surface area contributed by atoms with Crippen molar-refractivity contribution in [1.82, 2.24) is 5.32 Å². The van der Waals surface area contributed by atoms with Gasteiger partial charge in [0.1, 0.15) is 0 Å². The molecule has 1 saturated carbocycles. The summed E-state index contributed by atoms with van der Waals surface area (Å²) in [6.45, 7) is 0. The topological polar surface area (TPSA) is 46.2 Å². The number of nitrogens with one attached hydrogen (secondary N) is 1. The maximum atomic E-state index is 11.3. The summed E-state index contributed by atoms with van der Waals surface area (Å²) in [5.41, 5.74) is 1.10. The number of fused-ring (bicyclic) bond motifs is 1. The van der Waals surface area contributed by atoms with E-state index in [9.17, 15) is 9.59 Å². The first-order chi connectivity index (χ1) is 6.79. The summed E-state index contributed by atoms with van der Waals surface area (Å²) in [6.07, 6.45) is 0. The molecule has 2 fully saturated rings. The molecule has 1 aliphatic carbocycles. The molecule has 1 aliphatic heterocycles. The summed E-state index contributed by atoms with van der Waals surface area (Å²) in [7, 11) is 0. The molecule has 3 nitrogen and oxygen atoms in total. The summed E-state index contributed by atoms with van der Waals surface area (Å²) in [5, 5.41) is 2.34. The van der Waals surface area contributed by atoms with Crippen molar-refractivity contribution >= 4 is 11.8 Å². The van der Waals surface area contributed by atoms with Crippen molar-refractivity contribution in [3.63, 3.8) is 0 Å². The van der Waals surface area contributed by atoms with E-state index >= 15 is 0 Å². The first-order valence-corrected chi connectivity index (χ1v) is 4.68. The number of carbonyl (C=O) groups is 2. The number of hydrogen-bond donors (Lipinski definition) is 1. The molecule has 14 heavy (non-hydrogen) atoms. The molecule has 3 rings (SSSR count). The number of benzene rings is 1. The van der Waals surface area contributed by atoms with Crippen molar-refractivity contribution in [1.29, 1.82) is 0 Å². The van der Waals surface area contributed by atoms with E-state index in [2.05, 4.69) is 5.32 Å². The second-order valence-electron chi connectivity index (χ2n) is 3.84. The Morgan fingerprint density at radius 2 is 1.43 bits per heavy atom. The summed E-state index contributed by atoms with van der Waals surface area (Å²) >= 11 is 0. The largest absolute Gasteiger partial charge is 0.296 e. The van der Waals surface area contributed by atoms with Crippen LogP contribution in [0.1, 0.15) is 11.5 Å². The van der Waals surface area contributed by atoms with Crippen molar-refractivity contribution in [2.45, 2.75) is 5.92 Å². The molecule has 1 aromatic carbocycles. The molecular weight excluding hydrogens is 178 g/mol. The molecule has 3 atom stereocenters. The third kappa shape index (κ3) is 0.867. The molecule has 1 saturated heterocycles. The predicted molar refractivity (Wildman–Crippen MR) is 49.3 cm³/mol. The van der Waals surface area contributed by atoms with E-state index in [1.165, 1.54) is 0 Å². The molecule has 3 heteroatoms. The van der Waals surface area contributed by atoms with E-state index in [0.717, 1.165) is 5.56 Å². The van der Waals surface area contributed by atoms with Gasteiger partial charge in [0.2, 0.25) is 11.8 Å². The Hall–Kier alpha value is -1.64. The van der Waals surface area contributed by atoms with Crippen LogP contribution in [0.4, 0.5) is 0 Å². The van der Waals surface area contributed by atoms with Crippen LogP contribution in [0, 0.1) is 11.8 Å². The van der Waals surface area contributed by atoms with E-state index in [1.807, 2.05) is 30.3 Å². The summed E-state index contributed by atoms with van der Waals surface area (Å²) in [6, 6.07) is 9.76. The molecular formula is C11H9NO2. The van der Waals surface area contributed by atoms with Crippen molar-refractivity contribution in [2.75, 3.05) is 0 Å². The zero-order chi connectivity index (χ0) is 9.71. The van der Waals surface area contributed by atoms with Gasteiger partial charge in [0.05, 0.1) is 11.8 Å². The lowest BCUT2D eigenvalue weighted by Crippen LogP contribution is -2.26. The van der Waals surface area contributed by atoms with E-state index in [-0.39, 0.29) is 29.6 Å². The Morgan fingerprint density at radius 1 is 0.857 bits per heavy atom. The molecule has 0 bridgehead atoms. The molecule has 0 aromatic heterocycles. The third-order valence-electron chi connectivity index (χ3n) is 3.06. The van der Waals surface area contributed by atoms with Gasteiger partial charge >= 0.3 is 0 Å². The van der Waals surface area contributed by atoms with Crippen molar-refractivity contribution in [3.05, 3.63) is 35.9 Å². The second kappa shape index (κ2) is 2.44. The van der Waals surface area contributed by atoms with Gasteiger partial charge in [-0.15, -0.1) is 0 Å². The van der Waals surface area contributed by atoms with Crippen LogP contribution in [0.5, 0.6) is 0 Å². The van der Waals surface area contributed by atoms with Crippen LogP contribution in [-0.2, 0) is 9.59 Å². The molecule has 2 aliphatic rings. The summed E-state index contributed by atoms with van der Waals surface area (Å²) in [4.78, 5) is 22.6. The van der Waals surface area contributed by atoms with E-state index < -0.39 is 0 Å². The number of amides is 2. The summed E-state index contributed by atoms with van der Waals surface area (Å²) < 4.78 is 0. The lowest BCUT2D eigenvalue weighted by atomic mass is 10.1. The molecule has 0 spiro atoms. The highest BCUT2D eigenvalue weighted by molar-refractivity contribution is 6.10. The minimum Gasteiger partial charge on any atom is -0.296 e. The Balaban J connectivity index is 1.93. The number of imide groups is 1. The van der Waals surface area contributed by atoms with Crippen LogP contribution < -0.4 is 5.32 Å². The number of rotatable bonds is 1. The highest BCUT2D eigenvalue weighted by Crippen LogP contribution is 2.56. The van der Waals surface area contributed by atoms with Crippen LogP contribution in [-0.4, -0.2) is 11.8 Å². The fourth-order valence-corrected chi connectivity index (χ4v) is 2.34. The first kappa shape index (κ1) is 7.74. The van der Waals surface area contributed by atoms with Crippen molar-refractivity contribution in [3.8, 4) is 0 Å². The first-order valence-electron chi connectivity index (χ1n) is 4.68. The van der Waals surface area contributed by atoms with Crippen LogP contribution >= 0.6 is 0 Å². The molecule has 2 amide bonds. The van der Waals surface area contributed by atoms with Gasteiger partial charge in [-0.25, -0.2) is 0 Å². The SMILES string of the molecule is O=C1NC(=O)[C@H]2C(c3ccccc3)[C@@H]12. The van der Waals surface area contributed by atoms with Crippen molar-refractivity contribution < 1.29 is 9.59 Å². The normalized spacial score (nSPS) is 33.9. The number of piperidine rings is 1. The van der Waals surface area contributed by atoms with E-state index in [4.69, 9.17) is 0 Å². The molecule has 1 unspecified atom stereocenters. The van der Waals surface area contributed by atoms with E-state index in [1.54, 1.807) is 0 Å². The minimum absolute atomic E-state index is 0.0927. The maximum Gasteiger partial charge on any atom is 0.231 e. The van der Waals surface area contributed by atoms with Gasteiger partial charge in [-0.1, -0.05) is 30.3 Å². The average molecular weight is 187 g/mol. The quantitative estimate of drug-likeness (QED) is 0.657. The average Bonchev–Trinajstić information content (AvgIpc) is 2.87. The minimum atomic E-state index is -0.103. The lowest BCUT2D eigenvalue weighted by Gasteiger charge is -2.02. The van der Waals surface area contributed by atoms with Gasteiger partial charge in [0.25, 0.3) is 0 Å². The van der Waals surface area contributed by atoms with Crippen LogP contribution in [0.25, 0.3) is 0 Å². The molecule has 1 aromatic rings. The number of hydrogen-bond acceptors (Lipinski definition) is 2. The Bertz CT molecular complexity index is 393. The highest BCUT2D eigenvalue weighted by Gasteiger charge is 2.64. The van der Waals surface area contributed by atoms with Gasteiger partial charge in [-0.3, -0.25) is 14.9 Å². The molecule has 1 N–H and O–H groups in total. The third-order valence-corrected chi connectivity index (χ3v) is 3.06. The smallest absolute Gasteiger partial charge is 0.231 e. The second-order valence-corrected chi connectivity index (χ2v) is 3.84. The fourth-order valence-electron chi connectivity index (χ4n) is 2.34. The van der Waals surface area contributed by atoms with Crippen LogP contribution in [0.3, 0.4) is 0 Å². The summed E-state index contributed by atoms with van der Waals surface area (Å²) in [5.74, 6) is -0.255. The fraction of sp³-hybridized carbons (Fsp3) is 0.273. The van der Waals surface area contributed by atoms with E-state index in [0.29, 0.717) is 0 Å². The van der Waals surface area contributed by atoms with Gasteiger partial charge in [-0.05, 0) is 5.56 Å². The monoisotopic (exact) mass is 187 g/mol. The zero-order valence-electron chi connectivity index (χ0n) is 7.44. The number of carbonyl (C=O) groups excluding carboxylic acids is 2. The highest BCUT2D eigenvalue weighted by atomic mass is 16.2. The molecule has 70 valence electrons. The molecule has 1 heterocycles. The Labute approximate surface area is 81.1 Å². The van der Waals surface area contributed by atoms with Gasteiger partial charge in [-0.2, -0.15) is 0 Å². The standard InChI is InChI=1S/C11H9NO2/c13-10-8-7(9(8)11(14)12-10)6-4-2-1-3-5-6/h1-5,7-9H,(H,12,13,14)/t7?,8-,9+. The predicted octanol–water partition coefficient (Wildman–Crippen LogP) is 0.673.